The molecule has 0 aliphatic carbocycles. The van der Waals surface area contributed by atoms with Crippen LogP contribution in [0.3, 0.4) is 0 Å². The van der Waals surface area contributed by atoms with Crippen LogP contribution in [0.25, 0.3) is 22.5 Å². The number of carbonyl (C=O) groups is 1. The molecule has 0 N–H and O–H groups in total. The van der Waals surface area contributed by atoms with Gasteiger partial charge in [0.15, 0.2) is 5.69 Å². The number of nitrogens with zero attached hydrogens (tertiary/aromatic N) is 7. The summed E-state index contributed by atoms with van der Waals surface area (Å²) in [6, 6.07) is 7.99. The van der Waals surface area contributed by atoms with Crippen molar-refractivity contribution in [2.45, 2.75) is 53.2 Å². The second-order valence-electron chi connectivity index (χ2n) is 11.0. The Balaban J connectivity index is 1.54. The number of halogens is 3. The van der Waals surface area contributed by atoms with Gasteiger partial charge in [0.1, 0.15) is 29.1 Å². The van der Waals surface area contributed by atoms with Crippen molar-refractivity contribution in [1.82, 2.24) is 24.2 Å². The van der Waals surface area contributed by atoms with Crippen molar-refractivity contribution in [2.24, 2.45) is 10.9 Å². The molecule has 4 aromatic rings. The Hall–Kier alpha value is -4.41. The van der Waals surface area contributed by atoms with Crippen LogP contribution in [0.4, 0.5) is 19.0 Å². The molecule has 0 spiro atoms. The van der Waals surface area contributed by atoms with Gasteiger partial charge in [-0.1, -0.05) is 26.8 Å². The van der Waals surface area contributed by atoms with E-state index in [-0.39, 0.29) is 35.7 Å². The van der Waals surface area contributed by atoms with Gasteiger partial charge in [0, 0.05) is 47.6 Å². The molecule has 11 heteroatoms. The fourth-order valence-corrected chi connectivity index (χ4v) is 5.58. The Labute approximate surface area is 242 Å². The van der Waals surface area contributed by atoms with Gasteiger partial charge in [0.25, 0.3) is 5.91 Å². The fourth-order valence-electron chi connectivity index (χ4n) is 5.58. The number of rotatable bonds is 8. The maximum absolute atomic E-state index is 15.2. The van der Waals surface area contributed by atoms with Crippen molar-refractivity contribution < 1.29 is 18.0 Å². The molecule has 4 heterocycles. The number of guanidine groups is 1. The van der Waals surface area contributed by atoms with Crippen molar-refractivity contribution in [3.05, 3.63) is 77.5 Å². The van der Waals surface area contributed by atoms with Gasteiger partial charge in [-0.15, -0.1) is 0 Å². The van der Waals surface area contributed by atoms with Crippen LogP contribution in [0, 0.1) is 23.4 Å². The maximum Gasteiger partial charge on any atom is 0.283 e. The number of imidazole rings is 1. The van der Waals surface area contributed by atoms with Gasteiger partial charge in [-0.05, 0) is 43.5 Å². The van der Waals surface area contributed by atoms with Crippen molar-refractivity contribution in [3.63, 3.8) is 0 Å². The third-order valence-electron chi connectivity index (χ3n) is 7.83. The Morgan fingerprint density at radius 1 is 1.02 bits per heavy atom. The monoisotopic (exact) mass is 575 g/mol. The van der Waals surface area contributed by atoms with Gasteiger partial charge in [-0.2, -0.15) is 5.10 Å². The van der Waals surface area contributed by atoms with Crippen molar-refractivity contribution in [1.29, 1.82) is 0 Å². The first-order chi connectivity index (χ1) is 20.2. The number of aliphatic imine (C=N–C) groups is 1. The molecular formula is C31H32F3N7O. The molecule has 2 aromatic heterocycles. The number of fused-ring (bicyclic) bond motifs is 3. The first-order valence-corrected chi connectivity index (χ1v) is 14.2. The molecule has 42 heavy (non-hydrogen) atoms. The lowest BCUT2D eigenvalue weighted by molar-refractivity contribution is 0.0841. The standard InChI is InChI=1S/C31H32F3N7O/c1-5-11-38-15-21(14-35-38)23-12-19(8-10-24(23)33)28-37-27-29(40(28)16-20-7-9-22(32)13-25(20)34)41-17-26(18(3)4)36-31(41)39(6-2)30(27)42/h7-10,12-15,18,26H,5-6,11,16-17H2,1-4H3/t26-/m0/s1. The summed E-state index contributed by atoms with van der Waals surface area (Å²) in [6.07, 6.45) is 4.29. The Kier molecular flexibility index (Phi) is 7.12. The minimum absolute atomic E-state index is 0.0273. The number of amides is 1. The molecule has 2 aliphatic rings. The topological polar surface area (TPSA) is 71.6 Å². The fraction of sp³-hybridized carbons (Fsp3) is 0.355. The van der Waals surface area contributed by atoms with E-state index in [1.54, 1.807) is 38.7 Å². The van der Waals surface area contributed by atoms with Crippen molar-refractivity contribution in [3.8, 4) is 22.5 Å². The van der Waals surface area contributed by atoms with Crippen LogP contribution in [0.5, 0.6) is 0 Å². The van der Waals surface area contributed by atoms with E-state index in [1.165, 1.54) is 18.2 Å². The zero-order valence-electron chi connectivity index (χ0n) is 24.0. The third-order valence-corrected chi connectivity index (χ3v) is 7.83. The Bertz CT molecular complexity index is 1710. The molecular weight excluding hydrogens is 543 g/mol. The van der Waals surface area contributed by atoms with E-state index >= 15 is 4.39 Å². The average Bonchev–Trinajstić information content (AvgIpc) is 3.69. The molecule has 0 fully saturated rings. The predicted octanol–water partition coefficient (Wildman–Crippen LogP) is 5.97. The maximum atomic E-state index is 15.2. The molecule has 0 unspecified atom stereocenters. The van der Waals surface area contributed by atoms with Crippen LogP contribution in [-0.4, -0.2) is 55.2 Å². The quantitative estimate of drug-likeness (QED) is 0.260. The molecule has 0 saturated carbocycles. The van der Waals surface area contributed by atoms with E-state index in [2.05, 4.69) is 18.9 Å². The van der Waals surface area contributed by atoms with Gasteiger partial charge in [-0.3, -0.25) is 19.3 Å². The lowest BCUT2D eigenvalue weighted by Gasteiger charge is -2.33. The number of hydrogen-bond acceptors (Lipinski definition) is 5. The van der Waals surface area contributed by atoms with Crippen molar-refractivity contribution in [2.75, 3.05) is 18.0 Å². The Morgan fingerprint density at radius 2 is 1.83 bits per heavy atom. The molecule has 2 aromatic carbocycles. The zero-order chi connectivity index (χ0) is 29.7. The average molecular weight is 576 g/mol. The van der Waals surface area contributed by atoms with Gasteiger partial charge in [0.2, 0.25) is 5.96 Å². The summed E-state index contributed by atoms with van der Waals surface area (Å²) in [4.78, 5) is 27.0. The number of hydrogen-bond donors (Lipinski definition) is 0. The van der Waals surface area contributed by atoms with Gasteiger partial charge in [0.05, 0.1) is 25.3 Å². The summed E-state index contributed by atoms with van der Waals surface area (Å²) >= 11 is 0. The van der Waals surface area contributed by atoms with Crippen LogP contribution in [0.1, 0.15) is 50.2 Å². The van der Waals surface area contributed by atoms with Gasteiger partial charge in [-0.25, -0.2) is 23.1 Å². The first kappa shape index (κ1) is 27.7. The van der Waals surface area contributed by atoms with Gasteiger partial charge < -0.3 is 4.57 Å². The SMILES string of the molecule is CCCn1cc(-c2cc(-c3nc4c(n3Cc3ccc(F)cc3F)N3C[C@@H](C(C)C)N=C3N(CC)C4=O)ccc2F)cn1. The third kappa shape index (κ3) is 4.66. The van der Waals surface area contributed by atoms with Crippen molar-refractivity contribution >= 4 is 17.7 Å². The normalized spacial score (nSPS) is 16.3. The molecule has 8 nitrogen and oxygen atoms in total. The van der Waals surface area contributed by atoms with E-state index in [9.17, 15) is 13.6 Å². The first-order valence-electron chi connectivity index (χ1n) is 14.2. The molecule has 2 aliphatic heterocycles. The number of benzene rings is 2. The van der Waals surface area contributed by atoms with E-state index in [4.69, 9.17) is 9.98 Å². The summed E-state index contributed by atoms with van der Waals surface area (Å²) in [5.74, 6) is -0.517. The van der Waals surface area contributed by atoms with Gasteiger partial charge >= 0.3 is 0 Å². The smallest absolute Gasteiger partial charge is 0.283 e. The Morgan fingerprint density at radius 3 is 2.55 bits per heavy atom. The van der Waals surface area contributed by atoms with Crippen LogP contribution >= 0.6 is 0 Å². The number of aryl methyl sites for hydroxylation is 1. The predicted molar refractivity (Wildman–Crippen MR) is 155 cm³/mol. The minimum Gasteiger partial charge on any atom is -0.305 e. The molecule has 0 saturated heterocycles. The highest BCUT2D eigenvalue weighted by atomic mass is 19.1. The van der Waals surface area contributed by atoms with E-state index in [0.29, 0.717) is 53.9 Å². The molecule has 218 valence electrons. The summed E-state index contributed by atoms with van der Waals surface area (Å²) in [5, 5.41) is 4.34. The van der Waals surface area contributed by atoms with E-state index < -0.39 is 17.5 Å². The second-order valence-corrected chi connectivity index (χ2v) is 11.0. The minimum atomic E-state index is -0.709. The molecule has 6 rings (SSSR count). The zero-order valence-corrected chi connectivity index (χ0v) is 24.0. The largest absolute Gasteiger partial charge is 0.305 e. The van der Waals surface area contributed by atoms with Crippen LogP contribution in [0.2, 0.25) is 0 Å². The summed E-state index contributed by atoms with van der Waals surface area (Å²) in [7, 11) is 0. The lowest BCUT2D eigenvalue weighted by Crippen LogP contribution is -2.50. The molecule has 0 radical (unpaired) electrons. The molecule has 1 amide bonds. The molecule has 0 bridgehead atoms. The summed E-state index contributed by atoms with van der Waals surface area (Å²) < 4.78 is 47.5. The highest BCUT2D eigenvalue weighted by Gasteiger charge is 2.44. The van der Waals surface area contributed by atoms with Crippen LogP contribution in [-0.2, 0) is 13.1 Å². The van der Waals surface area contributed by atoms with E-state index in [0.717, 1.165) is 12.5 Å². The highest BCUT2D eigenvalue weighted by molar-refractivity contribution is 6.18. The van der Waals surface area contributed by atoms with E-state index in [1.807, 2.05) is 18.7 Å². The highest BCUT2D eigenvalue weighted by Crippen LogP contribution is 2.39. The van der Waals surface area contributed by atoms with Crippen LogP contribution < -0.4 is 4.90 Å². The number of aromatic nitrogens is 4. The number of carbonyl (C=O) groups excluding carboxylic acids is 1. The lowest BCUT2D eigenvalue weighted by atomic mass is 10.0. The summed E-state index contributed by atoms with van der Waals surface area (Å²) in [5.41, 5.74) is 1.92. The number of anilines is 1. The second kappa shape index (κ2) is 10.8. The van der Waals surface area contributed by atoms with Crippen LogP contribution in [0.15, 0.2) is 53.8 Å². The summed E-state index contributed by atoms with van der Waals surface area (Å²) in [6.45, 7) is 9.66. The molecule has 1 atom stereocenters.